The number of aryl methyl sites for hydroxylation is 1. The Hall–Kier alpha value is -3.21. The molecule has 4 aromatic rings. The Morgan fingerprint density at radius 2 is 1.78 bits per heavy atom. The summed E-state index contributed by atoms with van der Waals surface area (Å²) >= 11 is 0. The van der Waals surface area contributed by atoms with Crippen LogP contribution in [-0.4, -0.2) is 15.2 Å². The minimum Gasteiger partial charge on any atom is -0.415 e. The van der Waals surface area contributed by atoms with Crippen LogP contribution in [0.15, 0.2) is 59.0 Å². The molecule has 0 fully saturated rings. The molecule has 0 bridgehead atoms. The molecular weight excluding hydrogens is 288 g/mol. The normalized spacial score (nSPS) is 11.0. The van der Waals surface area contributed by atoms with Crippen molar-refractivity contribution in [2.45, 2.75) is 6.92 Å². The van der Waals surface area contributed by atoms with Crippen LogP contribution in [-0.2, 0) is 0 Å². The maximum atomic E-state index is 5.79. The Labute approximate surface area is 132 Å². The fraction of sp³-hybridized carbons (Fsp3) is 0.0556. The van der Waals surface area contributed by atoms with Crippen molar-refractivity contribution in [3.63, 3.8) is 0 Å². The van der Waals surface area contributed by atoms with Gasteiger partial charge in [-0.3, -0.25) is 0 Å². The van der Waals surface area contributed by atoms with E-state index in [2.05, 4.69) is 28.2 Å². The number of hydrogen-bond donors (Lipinski definition) is 1. The van der Waals surface area contributed by atoms with Gasteiger partial charge >= 0.3 is 0 Å². The van der Waals surface area contributed by atoms with Crippen molar-refractivity contribution in [2.75, 3.05) is 5.73 Å². The first-order valence-corrected chi connectivity index (χ1v) is 7.26. The van der Waals surface area contributed by atoms with Crippen molar-refractivity contribution in [1.82, 2.24) is 15.2 Å². The average molecular weight is 302 g/mol. The third-order valence-electron chi connectivity index (χ3n) is 3.62. The Morgan fingerprint density at radius 1 is 0.913 bits per heavy atom. The summed E-state index contributed by atoms with van der Waals surface area (Å²) in [6.07, 6.45) is 0. The molecule has 0 aliphatic heterocycles. The van der Waals surface area contributed by atoms with Crippen molar-refractivity contribution in [3.8, 4) is 23.0 Å². The van der Waals surface area contributed by atoms with Gasteiger partial charge in [0.25, 0.3) is 5.89 Å². The van der Waals surface area contributed by atoms with E-state index in [0.717, 1.165) is 16.5 Å². The van der Waals surface area contributed by atoms with Crippen LogP contribution in [0.1, 0.15) is 5.56 Å². The van der Waals surface area contributed by atoms with Crippen LogP contribution < -0.4 is 5.73 Å². The van der Waals surface area contributed by atoms with Gasteiger partial charge in [-0.05, 0) is 43.3 Å². The molecule has 4 rings (SSSR count). The molecule has 5 heteroatoms. The molecule has 5 nitrogen and oxygen atoms in total. The summed E-state index contributed by atoms with van der Waals surface area (Å²) in [6.45, 7) is 2.06. The number of anilines is 1. The molecule has 2 aromatic heterocycles. The van der Waals surface area contributed by atoms with Gasteiger partial charge in [0.1, 0.15) is 5.69 Å². The predicted molar refractivity (Wildman–Crippen MR) is 89.6 cm³/mol. The number of pyridine rings is 1. The summed E-state index contributed by atoms with van der Waals surface area (Å²) in [5, 5.41) is 9.27. The van der Waals surface area contributed by atoms with Gasteiger partial charge < -0.3 is 10.2 Å². The molecule has 23 heavy (non-hydrogen) atoms. The molecule has 112 valence electrons. The Bertz CT molecular complexity index is 1010. The number of hydrogen-bond acceptors (Lipinski definition) is 5. The smallest absolute Gasteiger partial charge is 0.266 e. The first-order valence-electron chi connectivity index (χ1n) is 7.26. The lowest BCUT2D eigenvalue weighted by atomic mass is 10.1. The molecule has 0 spiro atoms. The maximum absolute atomic E-state index is 5.79. The largest absolute Gasteiger partial charge is 0.415 e. The summed E-state index contributed by atoms with van der Waals surface area (Å²) in [7, 11) is 0. The third-order valence-corrected chi connectivity index (χ3v) is 3.62. The highest BCUT2D eigenvalue weighted by atomic mass is 16.4. The Morgan fingerprint density at radius 3 is 2.65 bits per heavy atom. The van der Waals surface area contributed by atoms with Gasteiger partial charge in [-0.1, -0.05) is 23.8 Å². The molecule has 0 unspecified atom stereocenters. The van der Waals surface area contributed by atoms with Crippen molar-refractivity contribution < 1.29 is 4.42 Å². The van der Waals surface area contributed by atoms with E-state index in [9.17, 15) is 0 Å². The van der Waals surface area contributed by atoms with E-state index in [-0.39, 0.29) is 0 Å². The molecular formula is C18H14N4O. The van der Waals surface area contributed by atoms with Gasteiger partial charge in [0.2, 0.25) is 5.89 Å². The van der Waals surface area contributed by atoms with Gasteiger partial charge in [-0.25, -0.2) is 4.98 Å². The van der Waals surface area contributed by atoms with Crippen LogP contribution in [0.5, 0.6) is 0 Å². The molecule has 0 saturated carbocycles. The van der Waals surface area contributed by atoms with Crippen LogP contribution in [0.2, 0.25) is 0 Å². The van der Waals surface area contributed by atoms with E-state index >= 15 is 0 Å². The summed E-state index contributed by atoms with van der Waals surface area (Å²) in [6, 6.07) is 17.4. The summed E-state index contributed by atoms with van der Waals surface area (Å²) in [5.74, 6) is 0.822. The average Bonchev–Trinajstić information content (AvgIpc) is 3.04. The van der Waals surface area contributed by atoms with Crippen LogP contribution in [0.25, 0.3) is 33.9 Å². The summed E-state index contributed by atoms with van der Waals surface area (Å²) in [5.41, 5.74) is 9.99. The number of nitrogen functional groups attached to an aromatic ring is 1. The first-order chi connectivity index (χ1) is 11.2. The van der Waals surface area contributed by atoms with E-state index in [1.165, 1.54) is 5.56 Å². The lowest BCUT2D eigenvalue weighted by Gasteiger charge is -2.00. The lowest BCUT2D eigenvalue weighted by molar-refractivity contribution is 0.582. The zero-order valence-electron chi connectivity index (χ0n) is 12.5. The first kappa shape index (κ1) is 13.5. The van der Waals surface area contributed by atoms with Gasteiger partial charge in [0.15, 0.2) is 0 Å². The summed E-state index contributed by atoms with van der Waals surface area (Å²) < 4.78 is 5.74. The molecule has 2 N–H and O–H groups in total. The monoisotopic (exact) mass is 302 g/mol. The highest BCUT2D eigenvalue weighted by molar-refractivity contribution is 5.81. The fourth-order valence-corrected chi connectivity index (χ4v) is 2.48. The second-order valence-electron chi connectivity index (χ2n) is 5.43. The minimum atomic E-state index is 0.393. The number of rotatable bonds is 2. The standard InChI is InChI=1S/C18H14N4O/c1-11-5-7-15-12(9-11)6-8-16(20-15)18-22-21-17(23-18)13-3-2-4-14(19)10-13/h2-10H,19H2,1H3. The van der Waals surface area contributed by atoms with Crippen LogP contribution >= 0.6 is 0 Å². The zero-order chi connectivity index (χ0) is 15.8. The van der Waals surface area contributed by atoms with Gasteiger partial charge in [0, 0.05) is 16.6 Å². The Kier molecular flexibility index (Phi) is 3.05. The maximum Gasteiger partial charge on any atom is 0.266 e. The van der Waals surface area contributed by atoms with Crippen molar-refractivity contribution in [1.29, 1.82) is 0 Å². The third kappa shape index (κ3) is 2.53. The van der Waals surface area contributed by atoms with Crippen LogP contribution in [0.4, 0.5) is 5.69 Å². The van der Waals surface area contributed by atoms with E-state index < -0.39 is 0 Å². The molecule has 2 aromatic carbocycles. The van der Waals surface area contributed by atoms with E-state index in [4.69, 9.17) is 10.2 Å². The van der Waals surface area contributed by atoms with Crippen molar-refractivity contribution in [2.24, 2.45) is 0 Å². The predicted octanol–water partition coefficient (Wildman–Crippen LogP) is 3.84. The van der Waals surface area contributed by atoms with Crippen molar-refractivity contribution in [3.05, 3.63) is 60.2 Å². The Balaban J connectivity index is 1.75. The van der Waals surface area contributed by atoms with E-state index in [0.29, 0.717) is 23.2 Å². The second-order valence-corrected chi connectivity index (χ2v) is 5.43. The van der Waals surface area contributed by atoms with E-state index in [1.807, 2.05) is 42.5 Å². The zero-order valence-corrected chi connectivity index (χ0v) is 12.5. The molecule has 0 aliphatic carbocycles. The molecule has 0 amide bonds. The molecule has 0 radical (unpaired) electrons. The van der Waals surface area contributed by atoms with E-state index in [1.54, 1.807) is 6.07 Å². The quantitative estimate of drug-likeness (QED) is 0.569. The fourth-order valence-electron chi connectivity index (χ4n) is 2.48. The molecule has 0 saturated heterocycles. The van der Waals surface area contributed by atoms with Crippen LogP contribution in [0, 0.1) is 6.92 Å². The number of nitrogens with two attached hydrogens (primary N) is 1. The highest BCUT2D eigenvalue weighted by Gasteiger charge is 2.12. The topological polar surface area (TPSA) is 77.8 Å². The molecule has 2 heterocycles. The molecule has 0 atom stereocenters. The number of fused-ring (bicyclic) bond motifs is 1. The summed E-state index contributed by atoms with van der Waals surface area (Å²) in [4.78, 5) is 4.59. The second kappa shape index (κ2) is 5.21. The SMILES string of the molecule is Cc1ccc2nc(-c3nnc(-c4cccc(N)c4)o3)ccc2c1. The number of benzene rings is 2. The van der Waals surface area contributed by atoms with Gasteiger partial charge in [-0.15, -0.1) is 10.2 Å². The highest BCUT2D eigenvalue weighted by Crippen LogP contribution is 2.25. The van der Waals surface area contributed by atoms with Gasteiger partial charge in [-0.2, -0.15) is 0 Å². The number of aromatic nitrogens is 3. The molecule has 0 aliphatic rings. The van der Waals surface area contributed by atoms with Gasteiger partial charge in [0.05, 0.1) is 5.52 Å². The minimum absolute atomic E-state index is 0.393. The van der Waals surface area contributed by atoms with Crippen LogP contribution in [0.3, 0.4) is 0 Å². The number of nitrogens with zero attached hydrogens (tertiary/aromatic N) is 3. The van der Waals surface area contributed by atoms with Crippen molar-refractivity contribution >= 4 is 16.6 Å². The lowest BCUT2D eigenvalue weighted by Crippen LogP contribution is -1.86.